The first-order chi connectivity index (χ1) is 8.71. The molecule has 0 unspecified atom stereocenters. The van der Waals surface area contributed by atoms with E-state index in [1.165, 1.54) is 0 Å². The van der Waals surface area contributed by atoms with Crippen LogP contribution in [-0.4, -0.2) is 41.9 Å². The second kappa shape index (κ2) is 3.82. The molecule has 1 saturated carbocycles. The van der Waals surface area contributed by atoms with Crippen molar-refractivity contribution < 1.29 is 19.3 Å². The Kier molecular flexibility index (Phi) is 2.72. The Morgan fingerprint density at radius 3 is 2.47 bits per heavy atom. The van der Waals surface area contributed by atoms with Gasteiger partial charge in [0.15, 0.2) is 5.79 Å². The van der Waals surface area contributed by atoms with E-state index in [1.807, 2.05) is 27.7 Å². The molecule has 2 saturated heterocycles. The lowest BCUT2D eigenvalue weighted by molar-refractivity contribution is -0.341. The van der Waals surface area contributed by atoms with Gasteiger partial charge in [0.1, 0.15) is 11.7 Å². The summed E-state index contributed by atoms with van der Waals surface area (Å²) < 4.78 is 18.0. The fourth-order valence-corrected chi connectivity index (χ4v) is 4.03. The zero-order chi connectivity index (χ0) is 14.1. The Labute approximate surface area is 114 Å². The Hall–Kier alpha value is -0.420. The van der Waals surface area contributed by atoms with Crippen LogP contribution in [0.1, 0.15) is 34.1 Å². The summed E-state index contributed by atoms with van der Waals surface area (Å²) in [5.41, 5.74) is 0.242. The van der Waals surface area contributed by atoms with E-state index in [0.29, 0.717) is 19.6 Å². The van der Waals surface area contributed by atoms with Gasteiger partial charge in [0.05, 0.1) is 24.7 Å². The van der Waals surface area contributed by atoms with Gasteiger partial charge in [-0.2, -0.15) is 0 Å². The third-order valence-corrected chi connectivity index (χ3v) is 5.19. The van der Waals surface area contributed by atoms with Gasteiger partial charge in [-0.1, -0.05) is 12.2 Å². The molecule has 19 heavy (non-hydrogen) atoms. The molecule has 2 aliphatic heterocycles. The van der Waals surface area contributed by atoms with Gasteiger partial charge in [0.25, 0.3) is 0 Å². The maximum atomic E-state index is 10.5. The number of hydrogen-bond acceptors (Lipinski definition) is 4. The summed E-state index contributed by atoms with van der Waals surface area (Å²) in [6.45, 7) is 13.1. The zero-order valence-electron chi connectivity index (χ0n) is 12.2. The van der Waals surface area contributed by atoms with Crippen molar-refractivity contribution in [1.29, 1.82) is 0 Å². The molecule has 4 nitrogen and oxygen atoms in total. The van der Waals surface area contributed by atoms with E-state index in [4.69, 9.17) is 14.2 Å². The van der Waals surface area contributed by atoms with Crippen molar-refractivity contribution in [1.82, 2.24) is 0 Å². The average molecular weight is 268 g/mol. The van der Waals surface area contributed by atoms with Crippen molar-refractivity contribution in [2.75, 3.05) is 13.2 Å². The molecule has 2 bridgehead atoms. The third kappa shape index (κ3) is 1.67. The first kappa shape index (κ1) is 13.6. The Morgan fingerprint density at radius 1 is 1.21 bits per heavy atom. The van der Waals surface area contributed by atoms with Crippen molar-refractivity contribution >= 4 is 0 Å². The van der Waals surface area contributed by atoms with Crippen LogP contribution in [0.2, 0.25) is 0 Å². The van der Waals surface area contributed by atoms with Crippen molar-refractivity contribution in [2.45, 2.75) is 57.7 Å². The van der Waals surface area contributed by atoms with Gasteiger partial charge in [0, 0.05) is 0 Å². The summed E-state index contributed by atoms with van der Waals surface area (Å²) in [7, 11) is 0. The maximum Gasteiger partial charge on any atom is 0.163 e. The molecule has 1 N–H and O–H groups in total. The van der Waals surface area contributed by atoms with Gasteiger partial charge >= 0.3 is 0 Å². The second-order valence-corrected chi connectivity index (χ2v) is 7.04. The average Bonchev–Trinajstić information content (AvgIpc) is 2.54. The van der Waals surface area contributed by atoms with Gasteiger partial charge in [-0.25, -0.2) is 0 Å². The van der Waals surface area contributed by atoms with Gasteiger partial charge < -0.3 is 19.3 Å². The lowest BCUT2D eigenvalue weighted by Gasteiger charge is -2.55. The summed E-state index contributed by atoms with van der Waals surface area (Å²) in [6.07, 6.45) is 0.00749. The van der Waals surface area contributed by atoms with Crippen LogP contribution in [0.5, 0.6) is 0 Å². The fourth-order valence-electron chi connectivity index (χ4n) is 4.03. The molecule has 5 atom stereocenters. The maximum absolute atomic E-state index is 10.5. The van der Waals surface area contributed by atoms with Crippen LogP contribution in [-0.2, 0) is 14.2 Å². The summed E-state index contributed by atoms with van der Waals surface area (Å²) in [5.74, 6) is -0.445. The molecule has 4 heteroatoms. The standard InChI is InChI=1S/C15H24O4/c1-9(2)10-6-11(16)14(5)12-15(10,8-18-14)7-17-13(3,4)19-12/h10-12,16H,1,6-8H2,2-5H3/t10-,11+,12-,14-,15+/m1/s1. The molecule has 2 heterocycles. The molecule has 0 spiro atoms. The minimum Gasteiger partial charge on any atom is -0.390 e. The number of aliphatic hydroxyl groups is 1. The number of rotatable bonds is 1. The summed E-state index contributed by atoms with van der Waals surface area (Å²) >= 11 is 0. The highest BCUT2D eigenvalue weighted by Gasteiger charge is 2.69. The normalized spacial score (nSPS) is 51.7. The van der Waals surface area contributed by atoms with E-state index in [-0.39, 0.29) is 17.4 Å². The Bertz CT molecular complexity index is 418. The van der Waals surface area contributed by atoms with Crippen LogP contribution >= 0.6 is 0 Å². The lowest BCUT2D eigenvalue weighted by atomic mass is 9.59. The SMILES string of the molecule is C=C(C)[C@H]1C[C@H](O)[C@@]2(C)OC[C@@]13COC(C)(C)O[C@@H]32. The van der Waals surface area contributed by atoms with Gasteiger partial charge in [-0.05, 0) is 40.0 Å². The zero-order valence-corrected chi connectivity index (χ0v) is 12.2. The van der Waals surface area contributed by atoms with Crippen molar-refractivity contribution in [3.8, 4) is 0 Å². The van der Waals surface area contributed by atoms with E-state index in [2.05, 4.69) is 6.58 Å². The third-order valence-electron chi connectivity index (χ3n) is 5.19. The molecule has 108 valence electrons. The van der Waals surface area contributed by atoms with E-state index in [1.54, 1.807) is 0 Å². The number of hydrogen-bond donors (Lipinski definition) is 1. The van der Waals surface area contributed by atoms with Crippen LogP contribution in [0.15, 0.2) is 12.2 Å². The van der Waals surface area contributed by atoms with E-state index >= 15 is 0 Å². The van der Waals surface area contributed by atoms with Crippen LogP contribution in [0.25, 0.3) is 0 Å². The highest BCUT2D eigenvalue weighted by atomic mass is 16.7. The van der Waals surface area contributed by atoms with Crippen molar-refractivity contribution in [3.05, 3.63) is 12.2 Å². The molecule has 3 aliphatic rings. The largest absolute Gasteiger partial charge is 0.390 e. The predicted octanol–water partition coefficient (Wildman–Crippen LogP) is 1.87. The van der Waals surface area contributed by atoms with Gasteiger partial charge in [0.2, 0.25) is 0 Å². The Balaban J connectivity index is 2.05. The second-order valence-electron chi connectivity index (χ2n) is 7.04. The van der Waals surface area contributed by atoms with Crippen LogP contribution < -0.4 is 0 Å². The summed E-state index contributed by atoms with van der Waals surface area (Å²) in [6, 6.07) is 0. The monoisotopic (exact) mass is 268 g/mol. The first-order valence-electron chi connectivity index (χ1n) is 7.00. The van der Waals surface area contributed by atoms with Crippen molar-refractivity contribution in [2.24, 2.45) is 11.3 Å². The molecule has 1 aliphatic carbocycles. The molecule has 0 amide bonds. The number of aliphatic hydroxyl groups excluding tert-OH is 1. The van der Waals surface area contributed by atoms with Crippen molar-refractivity contribution in [3.63, 3.8) is 0 Å². The molecule has 3 rings (SSSR count). The smallest absolute Gasteiger partial charge is 0.163 e. The van der Waals surface area contributed by atoms with E-state index < -0.39 is 17.5 Å². The minimum absolute atomic E-state index is 0.144. The van der Waals surface area contributed by atoms with Gasteiger partial charge in [-0.3, -0.25) is 0 Å². The van der Waals surface area contributed by atoms with E-state index in [0.717, 1.165) is 5.57 Å². The highest BCUT2D eigenvalue weighted by molar-refractivity contribution is 5.22. The molecule has 0 aromatic carbocycles. The predicted molar refractivity (Wildman–Crippen MR) is 70.6 cm³/mol. The summed E-state index contributed by atoms with van der Waals surface area (Å²) in [5, 5.41) is 10.5. The van der Waals surface area contributed by atoms with Crippen LogP contribution in [0.4, 0.5) is 0 Å². The van der Waals surface area contributed by atoms with Crippen LogP contribution in [0.3, 0.4) is 0 Å². The van der Waals surface area contributed by atoms with Crippen LogP contribution in [0, 0.1) is 11.3 Å². The highest BCUT2D eigenvalue weighted by Crippen LogP contribution is 2.59. The topological polar surface area (TPSA) is 47.9 Å². The quantitative estimate of drug-likeness (QED) is 0.738. The molecule has 3 fully saturated rings. The molecular weight excluding hydrogens is 244 g/mol. The Morgan fingerprint density at radius 2 is 1.84 bits per heavy atom. The van der Waals surface area contributed by atoms with Gasteiger partial charge in [-0.15, -0.1) is 0 Å². The number of allylic oxidation sites excluding steroid dienone is 1. The fraction of sp³-hybridized carbons (Fsp3) is 0.867. The lowest BCUT2D eigenvalue weighted by Crippen LogP contribution is -2.66. The molecule has 0 aromatic rings. The first-order valence-corrected chi connectivity index (χ1v) is 7.00. The molecule has 0 radical (unpaired) electrons. The summed E-state index contributed by atoms with van der Waals surface area (Å²) in [4.78, 5) is 0. The molecule has 0 aromatic heterocycles. The molecular formula is C15H24O4. The number of ether oxygens (including phenoxy) is 3. The minimum atomic E-state index is -0.632. The van der Waals surface area contributed by atoms with E-state index in [9.17, 15) is 5.11 Å².